The number of nitrogens with one attached hydrogen (secondary N) is 5. The van der Waals surface area contributed by atoms with Crippen LogP contribution < -0.4 is 49.5 Å². The van der Waals surface area contributed by atoms with Gasteiger partial charge >= 0.3 is 0 Å². The number of phenols is 1. The molecular weight excluding hydrogens is 682 g/mol. The van der Waals surface area contributed by atoms with Gasteiger partial charge < -0.3 is 54.6 Å². The maximum absolute atomic E-state index is 14.1. The van der Waals surface area contributed by atoms with Gasteiger partial charge in [0.05, 0.1) is 6.54 Å². The lowest BCUT2D eigenvalue weighted by Gasteiger charge is -2.26. The molecule has 0 spiro atoms. The van der Waals surface area contributed by atoms with E-state index in [9.17, 15) is 29.1 Å². The minimum absolute atomic E-state index is 0.00299. The van der Waals surface area contributed by atoms with Crippen LogP contribution in [0.15, 0.2) is 76.7 Å². The Bertz CT molecular complexity index is 1820. The smallest absolute Gasteiger partial charge is 0.243 e. The molecule has 17 nitrogen and oxygen atoms in total. The Morgan fingerprint density at radius 3 is 1.70 bits per heavy atom. The normalized spacial score (nSPS) is 20.0. The van der Waals surface area contributed by atoms with Crippen molar-refractivity contribution >= 4 is 52.2 Å². The number of fused-ring (bicyclic) bond motifs is 1. The second kappa shape index (κ2) is 19.3. The monoisotopic (exact) mass is 729 g/mol. The summed E-state index contributed by atoms with van der Waals surface area (Å²) in [6.07, 6.45) is 0.794. The molecule has 3 aromatic carbocycles. The van der Waals surface area contributed by atoms with Crippen LogP contribution in [-0.4, -0.2) is 90.4 Å². The third-order valence-corrected chi connectivity index (χ3v) is 8.49. The van der Waals surface area contributed by atoms with Crippen LogP contribution >= 0.6 is 0 Å². The largest absolute Gasteiger partial charge is 0.508 e. The SMILES string of the molecule is NC(N)=NCCC[C@H]1NC(=O)CNC(=O)[C@@H](Cc2ccc(O)cc2)NC(=O)[C@H](Cc2ccc3ccccc3c2)NC(=O)[C@@H](CCCN=C(N)N)NC1=O. The molecule has 0 saturated carbocycles. The zero-order valence-electron chi connectivity index (χ0n) is 29.2. The van der Waals surface area contributed by atoms with Gasteiger partial charge in [-0.05, 0) is 59.7 Å². The van der Waals surface area contributed by atoms with Crippen LogP contribution in [0.25, 0.3) is 10.8 Å². The molecule has 1 aliphatic rings. The predicted octanol–water partition coefficient (Wildman–Crippen LogP) is -1.49. The third-order valence-electron chi connectivity index (χ3n) is 8.49. The summed E-state index contributed by atoms with van der Waals surface area (Å²) < 4.78 is 0. The second-order valence-corrected chi connectivity index (χ2v) is 12.7. The lowest BCUT2D eigenvalue weighted by Crippen LogP contribution is -2.58. The quantitative estimate of drug-likeness (QED) is 0.0585. The highest BCUT2D eigenvalue weighted by Crippen LogP contribution is 2.18. The zero-order chi connectivity index (χ0) is 38.3. The van der Waals surface area contributed by atoms with Crippen LogP contribution in [-0.2, 0) is 36.8 Å². The first-order valence-corrected chi connectivity index (χ1v) is 17.2. The number of carbonyl (C=O) groups excluding carboxylic acids is 5. The highest BCUT2D eigenvalue weighted by Gasteiger charge is 2.32. The van der Waals surface area contributed by atoms with Crippen molar-refractivity contribution in [1.29, 1.82) is 0 Å². The number of aliphatic imine (C=N–C) groups is 2. The number of guanidine groups is 2. The van der Waals surface area contributed by atoms with Crippen molar-refractivity contribution in [1.82, 2.24) is 26.6 Å². The molecule has 3 aromatic rings. The lowest BCUT2D eigenvalue weighted by molar-refractivity contribution is -0.134. The molecule has 0 aliphatic carbocycles. The topological polar surface area (TPSA) is 295 Å². The van der Waals surface area contributed by atoms with E-state index < -0.39 is 60.2 Å². The van der Waals surface area contributed by atoms with E-state index in [0.29, 0.717) is 12.0 Å². The van der Waals surface area contributed by atoms with E-state index in [1.165, 1.54) is 12.1 Å². The minimum Gasteiger partial charge on any atom is -0.508 e. The van der Waals surface area contributed by atoms with Gasteiger partial charge in [-0.1, -0.05) is 54.6 Å². The summed E-state index contributed by atoms with van der Waals surface area (Å²) in [7, 11) is 0. The van der Waals surface area contributed by atoms with Crippen LogP contribution in [0.5, 0.6) is 5.75 Å². The average Bonchev–Trinajstić information content (AvgIpc) is 3.12. The lowest BCUT2D eigenvalue weighted by atomic mass is 9.99. The first kappa shape index (κ1) is 39.4. The van der Waals surface area contributed by atoms with Gasteiger partial charge in [-0.2, -0.15) is 0 Å². The minimum atomic E-state index is -1.20. The Kier molecular flexibility index (Phi) is 14.3. The van der Waals surface area contributed by atoms with E-state index in [-0.39, 0.29) is 62.9 Å². The Morgan fingerprint density at radius 1 is 0.604 bits per heavy atom. The van der Waals surface area contributed by atoms with Crippen molar-refractivity contribution in [3.8, 4) is 5.75 Å². The second-order valence-electron chi connectivity index (χ2n) is 12.7. The van der Waals surface area contributed by atoms with E-state index in [4.69, 9.17) is 22.9 Å². The number of hydrogen-bond acceptors (Lipinski definition) is 8. The fourth-order valence-electron chi connectivity index (χ4n) is 5.79. The molecule has 0 aromatic heterocycles. The number of rotatable bonds is 12. The standard InChI is InChI=1S/C36H47N11O6/c37-35(38)41-15-3-7-26-32(51)45-27(8-4-16-42-36(39)40)33(52)47-29(19-22-9-12-23-5-1-2-6-24(23)17-22)34(53)46-28(31(50)43-20-30(49)44-26)18-21-10-13-25(48)14-11-21/h1-2,5-6,9-14,17,26-29,48H,3-4,7-8,15-16,18-20H2,(H,43,50)(H,44,49)(H,45,51)(H,46,53)(H,47,52)(H4,37,38,41)(H4,39,40,42)/t26-,27-,28-,29+/m1/s1. The van der Waals surface area contributed by atoms with Gasteiger partial charge in [-0.15, -0.1) is 0 Å². The average molecular weight is 730 g/mol. The number of aromatic hydroxyl groups is 1. The Labute approximate surface area is 306 Å². The van der Waals surface area contributed by atoms with E-state index in [1.54, 1.807) is 12.1 Å². The number of nitrogens with two attached hydrogens (primary N) is 4. The summed E-state index contributed by atoms with van der Waals surface area (Å²) in [6, 6.07) is 14.7. The Morgan fingerprint density at radius 2 is 1.09 bits per heavy atom. The Hall–Kier alpha value is -6.39. The molecule has 14 N–H and O–H groups in total. The number of amides is 5. The molecule has 282 valence electrons. The number of benzene rings is 3. The summed E-state index contributed by atoms with van der Waals surface area (Å²) in [5.74, 6) is -3.65. The molecular formula is C36H47N11O6. The summed E-state index contributed by atoms with van der Waals surface area (Å²) in [6.45, 7) is -0.184. The summed E-state index contributed by atoms with van der Waals surface area (Å²) in [5, 5.41) is 25.1. The van der Waals surface area contributed by atoms with Crippen molar-refractivity contribution in [3.63, 3.8) is 0 Å². The van der Waals surface area contributed by atoms with Crippen molar-refractivity contribution in [2.45, 2.75) is 62.7 Å². The number of carbonyl (C=O) groups is 5. The predicted molar refractivity (Wildman–Crippen MR) is 200 cm³/mol. The maximum Gasteiger partial charge on any atom is 0.243 e. The zero-order valence-corrected chi connectivity index (χ0v) is 29.2. The van der Waals surface area contributed by atoms with Gasteiger partial charge in [0.2, 0.25) is 29.5 Å². The molecule has 17 heteroatoms. The fourth-order valence-corrected chi connectivity index (χ4v) is 5.79. The van der Waals surface area contributed by atoms with Crippen molar-refractivity contribution in [2.24, 2.45) is 32.9 Å². The Balaban J connectivity index is 1.70. The van der Waals surface area contributed by atoms with Gasteiger partial charge in [0.25, 0.3) is 0 Å². The van der Waals surface area contributed by atoms with E-state index in [0.717, 1.165) is 16.3 Å². The number of hydrogen-bond donors (Lipinski definition) is 10. The van der Waals surface area contributed by atoms with Gasteiger partial charge in [0.1, 0.15) is 29.9 Å². The van der Waals surface area contributed by atoms with Crippen LogP contribution in [0.1, 0.15) is 36.8 Å². The van der Waals surface area contributed by atoms with Crippen LogP contribution in [0.4, 0.5) is 0 Å². The fraction of sp³-hybridized carbons (Fsp3) is 0.361. The molecule has 1 aliphatic heterocycles. The highest BCUT2D eigenvalue weighted by molar-refractivity contribution is 5.97. The van der Waals surface area contributed by atoms with Gasteiger partial charge in [0.15, 0.2) is 11.9 Å². The molecule has 1 saturated heterocycles. The molecule has 0 radical (unpaired) electrons. The number of phenolic OH excluding ortho intramolecular Hbond substituents is 1. The van der Waals surface area contributed by atoms with E-state index in [2.05, 4.69) is 36.6 Å². The molecule has 0 bridgehead atoms. The van der Waals surface area contributed by atoms with Gasteiger partial charge in [0, 0.05) is 25.9 Å². The summed E-state index contributed by atoms with van der Waals surface area (Å²) in [4.78, 5) is 76.4. The van der Waals surface area contributed by atoms with E-state index >= 15 is 0 Å². The highest BCUT2D eigenvalue weighted by atomic mass is 16.3. The van der Waals surface area contributed by atoms with Gasteiger partial charge in [-0.25, -0.2) is 0 Å². The van der Waals surface area contributed by atoms with Crippen LogP contribution in [0, 0.1) is 0 Å². The molecule has 4 atom stereocenters. The van der Waals surface area contributed by atoms with Crippen LogP contribution in [0.2, 0.25) is 0 Å². The molecule has 4 rings (SSSR count). The molecule has 1 fully saturated rings. The summed E-state index contributed by atoms with van der Waals surface area (Å²) in [5.41, 5.74) is 23.1. The molecule has 0 unspecified atom stereocenters. The van der Waals surface area contributed by atoms with Crippen molar-refractivity contribution in [2.75, 3.05) is 19.6 Å². The van der Waals surface area contributed by atoms with Crippen LogP contribution in [0.3, 0.4) is 0 Å². The summed E-state index contributed by atoms with van der Waals surface area (Å²) >= 11 is 0. The van der Waals surface area contributed by atoms with Crippen molar-refractivity contribution < 1.29 is 29.1 Å². The molecule has 1 heterocycles. The van der Waals surface area contributed by atoms with Crippen molar-refractivity contribution in [3.05, 3.63) is 77.9 Å². The van der Waals surface area contributed by atoms with Gasteiger partial charge in [-0.3, -0.25) is 34.0 Å². The number of nitrogens with zero attached hydrogens (tertiary/aromatic N) is 2. The first-order chi connectivity index (χ1) is 25.4. The molecule has 5 amide bonds. The first-order valence-electron chi connectivity index (χ1n) is 17.2. The maximum atomic E-state index is 14.1. The molecule has 53 heavy (non-hydrogen) atoms. The third kappa shape index (κ3) is 12.7. The van der Waals surface area contributed by atoms with E-state index in [1.807, 2.05) is 42.5 Å².